The monoisotopic (exact) mass is 277 g/mol. The van der Waals surface area contributed by atoms with E-state index >= 15 is 0 Å². The predicted octanol–water partition coefficient (Wildman–Crippen LogP) is 1.41. The average molecular weight is 277 g/mol. The summed E-state index contributed by atoms with van der Waals surface area (Å²) in [6.45, 7) is 0.282. The number of benzene rings is 1. The first-order valence-electron chi connectivity index (χ1n) is 6.70. The summed E-state index contributed by atoms with van der Waals surface area (Å²) in [5.74, 6) is -0.288. The van der Waals surface area contributed by atoms with Crippen molar-refractivity contribution in [3.8, 4) is 0 Å². The maximum atomic E-state index is 11.7. The Morgan fingerprint density at radius 3 is 2.80 bits per heavy atom. The third-order valence-corrected chi connectivity index (χ3v) is 3.39. The molecule has 1 aliphatic heterocycles. The van der Waals surface area contributed by atoms with E-state index in [0.29, 0.717) is 12.8 Å². The van der Waals surface area contributed by atoms with Crippen molar-refractivity contribution in [2.24, 2.45) is 0 Å². The molecule has 1 aliphatic rings. The molecule has 2 rings (SSSR count). The second-order valence-electron chi connectivity index (χ2n) is 4.84. The van der Waals surface area contributed by atoms with E-state index in [9.17, 15) is 9.59 Å². The van der Waals surface area contributed by atoms with Crippen molar-refractivity contribution in [2.75, 3.05) is 7.11 Å². The maximum Gasteiger partial charge on any atom is 0.306 e. The number of carbonyl (C=O) groups excluding carboxylic acids is 2. The second-order valence-corrected chi connectivity index (χ2v) is 4.84. The Morgan fingerprint density at radius 1 is 1.35 bits per heavy atom. The first-order chi connectivity index (χ1) is 9.69. The number of hydrogen-bond acceptors (Lipinski definition) is 4. The topological polar surface area (TPSA) is 64.6 Å². The fraction of sp³-hybridized carbons (Fsp3) is 0.467. The van der Waals surface area contributed by atoms with E-state index in [2.05, 4.69) is 5.32 Å². The predicted molar refractivity (Wildman–Crippen MR) is 72.8 cm³/mol. The molecule has 0 saturated carbocycles. The van der Waals surface area contributed by atoms with Crippen LogP contribution in [0.25, 0.3) is 0 Å². The van der Waals surface area contributed by atoms with E-state index in [-0.39, 0.29) is 37.0 Å². The maximum absolute atomic E-state index is 11.7. The molecule has 0 spiro atoms. The average Bonchev–Trinajstić information content (AvgIpc) is 2.84. The number of ether oxygens (including phenoxy) is 2. The van der Waals surface area contributed by atoms with E-state index in [1.54, 1.807) is 7.11 Å². The molecule has 0 aromatic heterocycles. The van der Waals surface area contributed by atoms with Crippen LogP contribution in [0.2, 0.25) is 0 Å². The number of carbonyl (C=O) groups is 2. The number of methoxy groups -OCH3 is 1. The van der Waals surface area contributed by atoms with Gasteiger partial charge in [-0.3, -0.25) is 9.59 Å². The number of rotatable bonds is 6. The van der Waals surface area contributed by atoms with Crippen LogP contribution < -0.4 is 5.32 Å². The number of hydrogen-bond donors (Lipinski definition) is 1. The van der Waals surface area contributed by atoms with Crippen LogP contribution in [0.3, 0.4) is 0 Å². The highest BCUT2D eigenvalue weighted by Gasteiger charge is 2.32. The van der Waals surface area contributed by atoms with Gasteiger partial charge < -0.3 is 14.8 Å². The molecule has 20 heavy (non-hydrogen) atoms. The Bertz CT molecular complexity index is 460. The second kappa shape index (κ2) is 7.05. The summed E-state index contributed by atoms with van der Waals surface area (Å²) in [4.78, 5) is 22.9. The highest BCUT2D eigenvalue weighted by molar-refractivity contribution is 5.79. The lowest BCUT2D eigenvalue weighted by Gasteiger charge is -2.16. The molecule has 5 nitrogen and oxygen atoms in total. The summed E-state index contributed by atoms with van der Waals surface area (Å²) in [5, 5.41) is 2.81. The zero-order chi connectivity index (χ0) is 14.4. The van der Waals surface area contributed by atoms with Gasteiger partial charge in [0.25, 0.3) is 0 Å². The molecule has 1 saturated heterocycles. The van der Waals surface area contributed by atoms with Crippen molar-refractivity contribution >= 4 is 11.9 Å². The van der Waals surface area contributed by atoms with Crippen molar-refractivity contribution in [1.29, 1.82) is 0 Å². The van der Waals surface area contributed by atoms with Crippen LogP contribution in [0, 0.1) is 0 Å². The molecule has 1 aromatic rings. The summed E-state index contributed by atoms with van der Waals surface area (Å²) in [6.07, 6.45) is 1.03. The fourth-order valence-electron chi connectivity index (χ4n) is 2.27. The van der Waals surface area contributed by atoms with Gasteiger partial charge in [-0.15, -0.1) is 0 Å². The summed E-state index contributed by atoms with van der Waals surface area (Å²) >= 11 is 0. The molecule has 0 aliphatic carbocycles. The Morgan fingerprint density at radius 2 is 2.10 bits per heavy atom. The largest absolute Gasteiger partial charge is 0.461 e. The highest BCUT2D eigenvalue weighted by Crippen LogP contribution is 2.16. The fourth-order valence-corrected chi connectivity index (χ4v) is 2.27. The van der Waals surface area contributed by atoms with Crippen molar-refractivity contribution in [3.63, 3.8) is 0 Å². The third-order valence-electron chi connectivity index (χ3n) is 3.39. The van der Waals surface area contributed by atoms with Gasteiger partial charge in [-0.05, 0) is 12.0 Å². The van der Waals surface area contributed by atoms with Gasteiger partial charge in [0.05, 0.1) is 18.6 Å². The Labute approximate surface area is 118 Å². The van der Waals surface area contributed by atoms with Crippen LogP contribution >= 0.6 is 0 Å². The lowest BCUT2D eigenvalue weighted by Crippen LogP contribution is -2.33. The quantitative estimate of drug-likeness (QED) is 0.799. The molecular weight excluding hydrogens is 258 g/mol. The summed E-state index contributed by atoms with van der Waals surface area (Å²) in [5.41, 5.74) is 0.963. The van der Waals surface area contributed by atoms with Crippen molar-refractivity contribution in [1.82, 2.24) is 5.32 Å². The lowest BCUT2D eigenvalue weighted by atomic mass is 10.1. The van der Waals surface area contributed by atoms with Crippen LogP contribution in [0.15, 0.2) is 30.3 Å². The van der Waals surface area contributed by atoms with Gasteiger partial charge >= 0.3 is 5.97 Å². The van der Waals surface area contributed by atoms with Gasteiger partial charge in [0.2, 0.25) is 5.91 Å². The van der Waals surface area contributed by atoms with Crippen molar-refractivity contribution in [3.05, 3.63) is 35.9 Å². The minimum Gasteiger partial charge on any atom is -0.461 e. The number of esters is 1. The first kappa shape index (κ1) is 14.5. The van der Waals surface area contributed by atoms with Gasteiger partial charge in [-0.2, -0.15) is 0 Å². The third kappa shape index (κ3) is 4.06. The number of nitrogens with one attached hydrogen (secondary N) is 1. The highest BCUT2D eigenvalue weighted by atomic mass is 16.5. The molecular formula is C15H19NO4. The van der Waals surface area contributed by atoms with Gasteiger partial charge in [0, 0.05) is 13.5 Å². The van der Waals surface area contributed by atoms with E-state index in [0.717, 1.165) is 5.56 Å². The molecule has 1 heterocycles. The summed E-state index contributed by atoms with van der Waals surface area (Å²) < 4.78 is 10.4. The van der Waals surface area contributed by atoms with Crippen molar-refractivity contribution < 1.29 is 19.1 Å². The van der Waals surface area contributed by atoms with Crippen molar-refractivity contribution in [2.45, 2.75) is 38.0 Å². The smallest absolute Gasteiger partial charge is 0.306 e. The van der Waals surface area contributed by atoms with E-state index < -0.39 is 0 Å². The van der Waals surface area contributed by atoms with Crippen LogP contribution in [-0.2, 0) is 25.7 Å². The normalized spacial score (nSPS) is 21.6. The Kier molecular flexibility index (Phi) is 5.12. The van der Waals surface area contributed by atoms with E-state index in [1.165, 1.54) is 0 Å². The Hall–Kier alpha value is -1.88. The van der Waals surface area contributed by atoms with Crippen LogP contribution in [-0.4, -0.2) is 31.1 Å². The zero-order valence-electron chi connectivity index (χ0n) is 11.5. The standard InChI is InChI=1S/C15H19NO4/c1-19-13-9-14(17)16-12(13)7-8-15(18)20-10-11-5-3-2-4-6-11/h2-6,12-13H,7-10H2,1H3,(H,16,17). The lowest BCUT2D eigenvalue weighted by molar-refractivity contribution is -0.145. The molecule has 0 bridgehead atoms. The minimum absolute atomic E-state index is 0.0282. The molecule has 5 heteroatoms. The molecule has 1 aromatic carbocycles. The van der Waals surface area contributed by atoms with E-state index in [4.69, 9.17) is 9.47 Å². The molecule has 2 atom stereocenters. The number of amides is 1. The van der Waals surface area contributed by atoms with Crippen LogP contribution in [0.5, 0.6) is 0 Å². The Balaban J connectivity index is 1.71. The molecule has 0 radical (unpaired) electrons. The summed E-state index contributed by atoms with van der Waals surface area (Å²) in [7, 11) is 1.58. The van der Waals surface area contributed by atoms with Crippen LogP contribution in [0.4, 0.5) is 0 Å². The van der Waals surface area contributed by atoms with Gasteiger partial charge in [0.1, 0.15) is 6.61 Å². The van der Waals surface area contributed by atoms with Gasteiger partial charge in [0.15, 0.2) is 0 Å². The van der Waals surface area contributed by atoms with Gasteiger partial charge in [-0.1, -0.05) is 30.3 Å². The molecule has 1 amide bonds. The van der Waals surface area contributed by atoms with Gasteiger partial charge in [-0.25, -0.2) is 0 Å². The molecule has 1 N–H and O–H groups in total. The SMILES string of the molecule is COC1CC(=O)NC1CCC(=O)OCc1ccccc1. The molecule has 2 unspecified atom stereocenters. The van der Waals surface area contributed by atoms with E-state index in [1.807, 2.05) is 30.3 Å². The summed E-state index contributed by atoms with van der Waals surface area (Å²) in [6, 6.07) is 9.44. The molecule has 1 fully saturated rings. The van der Waals surface area contributed by atoms with Crippen LogP contribution in [0.1, 0.15) is 24.8 Å². The molecule has 108 valence electrons. The first-order valence-corrected chi connectivity index (χ1v) is 6.70. The zero-order valence-corrected chi connectivity index (χ0v) is 11.5. The minimum atomic E-state index is -0.259.